The van der Waals surface area contributed by atoms with Gasteiger partial charge in [-0.25, -0.2) is 0 Å². The number of rotatable bonds is 6. The monoisotopic (exact) mass is 421 g/mol. The van der Waals surface area contributed by atoms with Crippen molar-refractivity contribution in [3.63, 3.8) is 0 Å². The van der Waals surface area contributed by atoms with Crippen LogP contribution in [0.1, 0.15) is 0 Å². The number of hydrogen-bond acceptors (Lipinski definition) is 1. The fraction of sp³-hybridized carbons (Fsp3) is 0. The molecule has 0 N–H and O–H groups in total. The quantitative estimate of drug-likeness (QED) is 0.261. The van der Waals surface area contributed by atoms with Crippen LogP contribution in [0.15, 0.2) is 133 Å². The van der Waals surface area contributed by atoms with Gasteiger partial charge in [0.1, 0.15) is 0 Å². The van der Waals surface area contributed by atoms with Gasteiger partial charge in [0.05, 0.1) is 0 Å². The van der Waals surface area contributed by atoms with Gasteiger partial charge in [-0.15, -0.1) is 0 Å². The molecule has 5 aromatic rings. The van der Waals surface area contributed by atoms with Gasteiger partial charge < -0.3 is 0 Å². The zero-order valence-corrected chi connectivity index (χ0v) is 18.4. The first-order chi connectivity index (χ1) is 16.3. The topological polar surface area (TPSA) is 3.24 Å². The molecule has 0 fully saturated rings. The minimum atomic E-state index is 1.11. The Kier molecular flexibility index (Phi) is 5.99. The average Bonchev–Trinajstić information content (AvgIpc) is 2.91. The van der Waals surface area contributed by atoms with E-state index in [2.05, 4.69) is 133 Å². The molecule has 0 aromatic heterocycles. The Bertz CT molecular complexity index is 1240. The van der Waals surface area contributed by atoms with Crippen LogP contribution in [0.2, 0.25) is 0 Å². The van der Waals surface area contributed by atoms with Crippen molar-refractivity contribution < 1.29 is 0 Å². The van der Waals surface area contributed by atoms with Crippen LogP contribution in [-0.2, 0) is 0 Å². The van der Waals surface area contributed by atoms with Crippen LogP contribution in [0.5, 0.6) is 0 Å². The Hall–Kier alpha value is -4.17. The molecule has 156 valence electrons. The summed E-state index contributed by atoms with van der Waals surface area (Å²) in [4.78, 5) is 2.29. The molecule has 5 aromatic carbocycles. The Morgan fingerprint density at radius 2 is 0.727 bits per heavy atom. The third kappa shape index (κ3) is 4.56. The van der Waals surface area contributed by atoms with Gasteiger partial charge in [0.25, 0.3) is 0 Å². The third-order valence-corrected chi connectivity index (χ3v) is 5.85. The summed E-state index contributed by atoms with van der Waals surface area (Å²) in [7, 11) is 0. The molecule has 0 bridgehead atoms. The van der Waals surface area contributed by atoms with Gasteiger partial charge in [-0.05, 0) is 0 Å². The molecular weight excluding hydrogens is 397 g/mol. The van der Waals surface area contributed by atoms with E-state index < -0.39 is 0 Å². The predicted octanol–water partition coefficient (Wildman–Crippen LogP) is 7.25. The first-order valence-corrected chi connectivity index (χ1v) is 11.2. The number of nitrogens with zero attached hydrogens (tertiary/aromatic N) is 1. The Morgan fingerprint density at radius 3 is 1.09 bits per heavy atom. The standard InChI is InChI=1S/C31H24BN/c1-32-28-16-22-31(23-17-28)33(29-18-12-26(13-19-29)24-8-4-2-5-9-24)30-20-14-27(15-21-30)25-10-6-3-7-11-25/h2-23H,1H2. The Morgan fingerprint density at radius 1 is 0.394 bits per heavy atom. The van der Waals surface area contributed by atoms with Crippen molar-refractivity contribution in [1.29, 1.82) is 0 Å². The van der Waals surface area contributed by atoms with Crippen LogP contribution in [0, 0.1) is 0 Å². The van der Waals surface area contributed by atoms with Crippen molar-refractivity contribution >= 4 is 35.9 Å². The molecule has 5 rings (SSSR count). The van der Waals surface area contributed by atoms with Crippen molar-refractivity contribution in [2.75, 3.05) is 4.90 Å². The van der Waals surface area contributed by atoms with Gasteiger partial charge in [0, 0.05) is 0 Å². The predicted molar refractivity (Wildman–Crippen MR) is 145 cm³/mol. The van der Waals surface area contributed by atoms with Crippen LogP contribution >= 0.6 is 0 Å². The van der Waals surface area contributed by atoms with E-state index in [1.54, 1.807) is 0 Å². The first-order valence-electron chi connectivity index (χ1n) is 11.2. The molecule has 0 heterocycles. The zero-order valence-electron chi connectivity index (χ0n) is 18.4. The van der Waals surface area contributed by atoms with Crippen molar-refractivity contribution in [2.24, 2.45) is 0 Å². The normalized spacial score (nSPS) is 10.4. The molecule has 0 amide bonds. The van der Waals surface area contributed by atoms with Crippen molar-refractivity contribution in [3.05, 3.63) is 133 Å². The van der Waals surface area contributed by atoms with Crippen LogP contribution in [0.25, 0.3) is 22.3 Å². The molecule has 33 heavy (non-hydrogen) atoms. The molecule has 0 spiro atoms. The third-order valence-electron chi connectivity index (χ3n) is 5.85. The number of hydrogen-bond donors (Lipinski definition) is 0. The summed E-state index contributed by atoms with van der Waals surface area (Å²) >= 11 is 0. The SMILES string of the molecule is C=Bc1ccc(N(c2ccc(-c3ccccc3)cc2)c2ccc(-c3ccccc3)cc2)cc1. The van der Waals surface area contributed by atoms with Gasteiger partial charge in [-0.3, -0.25) is 0 Å². The van der Waals surface area contributed by atoms with E-state index in [0.29, 0.717) is 0 Å². The maximum atomic E-state index is 3.89. The first kappa shape index (κ1) is 20.7. The summed E-state index contributed by atoms with van der Waals surface area (Å²) in [5.74, 6) is 0. The minimum absolute atomic E-state index is 1.11. The molecule has 0 saturated carbocycles. The summed E-state index contributed by atoms with van der Waals surface area (Å²) in [5.41, 5.74) is 9.32. The zero-order chi connectivity index (χ0) is 22.5. The van der Waals surface area contributed by atoms with E-state index in [0.717, 1.165) is 22.5 Å². The van der Waals surface area contributed by atoms with E-state index in [4.69, 9.17) is 0 Å². The number of benzene rings is 5. The van der Waals surface area contributed by atoms with Gasteiger partial charge in [0.2, 0.25) is 0 Å². The van der Waals surface area contributed by atoms with Crippen LogP contribution in [-0.4, -0.2) is 13.4 Å². The molecule has 1 nitrogen and oxygen atoms in total. The molecule has 0 radical (unpaired) electrons. The fourth-order valence-corrected chi connectivity index (χ4v) is 4.07. The maximum absolute atomic E-state index is 3.89. The van der Waals surface area contributed by atoms with Crippen molar-refractivity contribution in [3.8, 4) is 22.3 Å². The molecular formula is C31H24BN. The van der Waals surface area contributed by atoms with Gasteiger partial charge in [-0.2, -0.15) is 0 Å². The van der Waals surface area contributed by atoms with E-state index in [9.17, 15) is 0 Å². The van der Waals surface area contributed by atoms with Gasteiger partial charge >= 0.3 is 184 Å². The van der Waals surface area contributed by atoms with E-state index in [1.165, 1.54) is 22.3 Å². The summed E-state index contributed by atoms with van der Waals surface area (Å²) in [6, 6.07) is 47.0. The van der Waals surface area contributed by atoms with E-state index in [-0.39, 0.29) is 0 Å². The summed E-state index contributed by atoms with van der Waals surface area (Å²) < 4.78 is 0. The molecule has 0 unspecified atom stereocenters. The second kappa shape index (κ2) is 9.54. The summed E-state index contributed by atoms with van der Waals surface area (Å²) in [6.45, 7) is 5.76. The van der Waals surface area contributed by atoms with E-state index >= 15 is 0 Å². The van der Waals surface area contributed by atoms with Gasteiger partial charge in [0.15, 0.2) is 0 Å². The van der Waals surface area contributed by atoms with Crippen LogP contribution < -0.4 is 10.4 Å². The Balaban J connectivity index is 1.54. The van der Waals surface area contributed by atoms with Crippen LogP contribution in [0.4, 0.5) is 17.1 Å². The molecule has 0 aliphatic heterocycles. The molecule has 0 saturated heterocycles. The molecule has 0 atom stereocenters. The summed E-state index contributed by atoms with van der Waals surface area (Å²) in [6.07, 6.45) is 0. The molecule has 2 heteroatoms. The molecule has 0 aliphatic carbocycles. The van der Waals surface area contributed by atoms with Crippen molar-refractivity contribution in [2.45, 2.75) is 0 Å². The number of anilines is 3. The average molecular weight is 421 g/mol. The van der Waals surface area contributed by atoms with Crippen LogP contribution in [0.3, 0.4) is 0 Å². The van der Waals surface area contributed by atoms with Gasteiger partial charge in [-0.1, -0.05) is 12.1 Å². The fourth-order valence-electron chi connectivity index (χ4n) is 4.07. The molecule has 0 aliphatic rings. The second-order valence-corrected chi connectivity index (χ2v) is 7.96. The summed E-state index contributed by atoms with van der Waals surface area (Å²) in [5, 5.41) is 0. The van der Waals surface area contributed by atoms with E-state index in [1.807, 2.05) is 19.1 Å². The second-order valence-electron chi connectivity index (χ2n) is 7.96. The van der Waals surface area contributed by atoms with Crippen molar-refractivity contribution in [1.82, 2.24) is 0 Å². The Labute approximate surface area is 196 Å².